The molecule has 0 amide bonds. The Morgan fingerprint density at radius 1 is 0.841 bits per heavy atom. The zero-order valence-corrected chi connectivity index (χ0v) is 24.8. The Balaban J connectivity index is 1.46. The molecule has 6 heteroatoms. The largest absolute Gasteiger partial charge is 0.454 e. The SMILES string of the molecule is CC(=O)OC(c1nccn1C(c1ccccc1)(c1ccccc1)c1ccccc1)C1CCc2c(C)c3ccccc3n2C1=O. The highest BCUT2D eigenvalue weighted by Crippen LogP contribution is 2.45. The fourth-order valence-electron chi connectivity index (χ4n) is 7.13. The van der Waals surface area contributed by atoms with Crippen LogP contribution < -0.4 is 0 Å². The third kappa shape index (κ3) is 4.29. The van der Waals surface area contributed by atoms with Crippen LogP contribution in [0.25, 0.3) is 10.9 Å². The van der Waals surface area contributed by atoms with E-state index in [9.17, 15) is 9.59 Å². The number of carbonyl (C=O) groups excluding carboxylic acids is 2. The van der Waals surface area contributed by atoms with Crippen LogP contribution in [0, 0.1) is 12.8 Å². The molecule has 4 aromatic carbocycles. The van der Waals surface area contributed by atoms with Crippen LogP contribution in [0.2, 0.25) is 0 Å². The first-order valence-corrected chi connectivity index (χ1v) is 15.0. The summed E-state index contributed by atoms with van der Waals surface area (Å²) >= 11 is 0. The Bertz CT molecular complexity index is 1860. The summed E-state index contributed by atoms with van der Waals surface area (Å²) in [5.41, 5.74) is 5.20. The van der Waals surface area contributed by atoms with E-state index >= 15 is 0 Å². The lowest BCUT2D eigenvalue weighted by atomic mass is 9.76. The van der Waals surface area contributed by atoms with Crippen molar-refractivity contribution in [2.75, 3.05) is 0 Å². The van der Waals surface area contributed by atoms with Gasteiger partial charge in [0.05, 0.1) is 11.4 Å². The molecule has 2 aromatic heterocycles. The second kappa shape index (κ2) is 11.1. The number of ether oxygens (including phenoxy) is 1. The number of esters is 1. The number of fused-ring (bicyclic) bond motifs is 3. The fraction of sp³-hybridized carbons (Fsp3) is 0.184. The topological polar surface area (TPSA) is 66.1 Å². The van der Waals surface area contributed by atoms with Crippen molar-refractivity contribution in [2.45, 2.75) is 38.3 Å². The Hall–Kier alpha value is -5.23. The minimum atomic E-state index is -0.903. The van der Waals surface area contributed by atoms with E-state index in [0.29, 0.717) is 18.7 Å². The van der Waals surface area contributed by atoms with Crippen molar-refractivity contribution >= 4 is 22.8 Å². The first kappa shape index (κ1) is 27.6. The summed E-state index contributed by atoms with van der Waals surface area (Å²) in [7, 11) is 0. The number of imidazole rings is 1. The van der Waals surface area contributed by atoms with Gasteiger partial charge in [0, 0.05) is 30.4 Å². The monoisotopic (exact) mass is 579 g/mol. The van der Waals surface area contributed by atoms with Crippen molar-refractivity contribution in [1.29, 1.82) is 0 Å². The number of aryl methyl sites for hydroxylation is 1. The van der Waals surface area contributed by atoms with Gasteiger partial charge in [-0.1, -0.05) is 109 Å². The van der Waals surface area contributed by atoms with Crippen molar-refractivity contribution in [3.63, 3.8) is 0 Å². The molecule has 1 aliphatic heterocycles. The Morgan fingerprint density at radius 3 is 1.95 bits per heavy atom. The number of hydrogen-bond donors (Lipinski definition) is 0. The fourth-order valence-corrected chi connectivity index (χ4v) is 7.13. The minimum Gasteiger partial charge on any atom is -0.454 e. The van der Waals surface area contributed by atoms with Gasteiger partial charge in [-0.25, -0.2) is 4.98 Å². The van der Waals surface area contributed by atoms with Crippen molar-refractivity contribution in [1.82, 2.24) is 14.1 Å². The minimum absolute atomic E-state index is 0.0823. The summed E-state index contributed by atoms with van der Waals surface area (Å²) in [4.78, 5) is 32.1. The Kier molecular flexibility index (Phi) is 6.97. The van der Waals surface area contributed by atoms with Gasteiger partial charge in [0.2, 0.25) is 5.91 Å². The number of aromatic nitrogens is 3. The number of para-hydroxylation sites is 1. The molecule has 6 nitrogen and oxygen atoms in total. The van der Waals surface area contributed by atoms with Crippen molar-refractivity contribution in [3.05, 3.63) is 161 Å². The second-order valence-electron chi connectivity index (χ2n) is 11.4. The molecule has 218 valence electrons. The lowest BCUT2D eigenvalue weighted by Crippen LogP contribution is -2.41. The van der Waals surface area contributed by atoms with Gasteiger partial charge in [0.25, 0.3) is 0 Å². The third-order valence-corrected chi connectivity index (χ3v) is 9.00. The molecule has 0 aliphatic carbocycles. The number of nitrogens with zero attached hydrogens (tertiary/aromatic N) is 3. The van der Waals surface area contributed by atoms with E-state index in [4.69, 9.17) is 9.72 Å². The van der Waals surface area contributed by atoms with Crippen LogP contribution in [0.3, 0.4) is 0 Å². The van der Waals surface area contributed by atoms with Crippen LogP contribution in [0.4, 0.5) is 0 Å². The predicted molar refractivity (Wildman–Crippen MR) is 170 cm³/mol. The summed E-state index contributed by atoms with van der Waals surface area (Å²) in [5.74, 6) is -0.642. The molecule has 2 unspecified atom stereocenters. The maximum atomic E-state index is 14.5. The average molecular weight is 580 g/mol. The van der Waals surface area contributed by atoms with E-state index in [1.165, 1.54) is 6.92 Å². The smallest absolute Gasteiger partial charge is 0.303 e. The zero-order valence-electron chi connectivity index (χ0n) is 24.8. The van der Waals surface area contributed by atoms with E-state index in [1.54, 1.807) is 6.20 Å². The molecule has 0 radical (unpaired) electrons. The number of hydrogen-bond acceptors (Lipinski definition) is 4. The summed E-state index contributed by atoms with van der Waals surface area (Å²) < 4.78 is 10.1. The van der Waals surface area contributed by atoms with Crippen LogP contribution in [0.5, 0.6) is 0 Å². The van der Waals surface area contributed by atoms with E-state index in [0.717, 1.165) is 38.9 Å². The van der Waals surface area contributed by atoms with Gasteiger partial charge in [0.1, 0.15) is 5.54 Å². The molecule has 0 saturated heterocycles. The van der Waals surface area contributed by atoms with Gasteiger partial charge in [-0.05, 0) is 48.1 Å². The normalized spacial score (nSPS) is 15.6. The van der Waals surface area contributed by atoms with Crippen molar-refractivity contribution in [2.24, 2.45) is 5.92 Å². The molecule has 0 spiro atoms. The molecule has 44 heavy (non-hydrogen) atoms. The van der Waals surface area contributed by atoms with Crippen LogP contribution >= 0.6 is 0 Å². The Morgan fingerprint density at radius 2 is 1.39 bits per heavy atom. The predicted octanol–water partition coefficient (Wildman–Crippen LogP) is 7.49. The lowest BCUT2D eigenvalue weighted by molar-refractivity contribution is -0.149. The summed E-state index contributed by atoms with van der Waals surface area (Å²) in [6.45, 7) is 3.47. The highest BCUT2D eigenvalue weighted by molar-refractivity contribution is 5.98. The maximum absolute atomic E-state index is 14.5. The molecule has 3 heterocycles. The van der Waals surface area contributed by atoms with Gasteiger partial charge in [-0.2, -0.15) is 0 Å². The number of benzene rings is 4. The summed E-state index contributed by atoms with van der Waals surface area (Å²) in [5, 5.41) is 1.07. The van der Waals surface area contributed by atoms with Crippen molar-refractivity contribution in [3.8, 4) is 0 Å². The summed E-state index contributed by atoms with van der Waals surface area (Å²) in [6.07, 6.45) is 4.00. The highest BCUT2D eigenvalue weighted by atomic mass is 16.5. The summed E-state index contributed by atoms with van der Waals surface area (Å²) in [6, 6.07) is 38.8. The number of carbonyl (C=O) groups is 2. The first-order valence-electron chi connectivity index (χ1n) is 15.0. The van der Waals surface area contributed by atoms with E-state index in [1.807, 2.05) is 83.6 Å². The van der Waals surface area contributed by atoms with Gasteiger partial charge >= 0.3 is 5.97 Å². The van der Waals surface area contributed by atoms with E-state index in [2.05, 4.69) is 54.0 Å². The molecule has 0 fully saturated rings. The van der Waals surface area contributed by atoms with Gasteiger partial charge < -0.3 is 9.30 Å². The average Bonchev–Trinajstić information content (AvgIpc) is 3.66. The number of rotatable bonds is 7. The molecule has 0 bridgehead atoms. The van der Waals surface area contributed by atoms with E-state index < -0.39 is 23.5 Å². The molecule has 1 aliphatic rings. The van der Waals surface area contributed by atoms with Gasteiger partial charge in [0.15, 0.2) is 11.9 Å². The highest BCUT2D eigenvalue weighted by Gasteiger charge is 2.45. The van der Waals surface area contributed by atoms with Crippen LogP contribution in [-0.4, -0.2) is 26.0 Å². The maximum Gasteiger partial charge on any atom is 0.303 e. The zero-order chi connectivity index (χ0) is 30.3. The third-order valence-electron chi connectivity index (χ3n) is 9.00. The standard InChI is InChI=1S/C38H33N3O3/c1-26-31-20-12-13-21-34(31)41-33(26)23-22-32(37(41)43)35(44-27(2)42)36-39-24-25-40(36)38(28-14-6-3-7-15-28,29-16-8-4-9-17-29)30-18-10-5-11-19-30/h3-21,24-25,32,35H,22-23H2,1-2H3. The molecule has 7 rings (SSSR count). The van der Waals surface area contributed by atoms with E-state index in [-0.39, 0.29) is 5.91 Å². The Labute approximate surface area is 256 Å². The van der Waals surface area contributed by atoms with Gasteiger partial charge in [-0.15, -0.1) is 0 Å². The van der Waals surface area contributed by atoms with Gasteiger partial charge in [-0.3, -0.25) is 14.2 Å². The van der Waals surface area contributed by atoms with Crippen LogP contribution in [0.1, 0.15) is 58.0 Å². The first-order chi connectivity index (χ1) is 21.5. The lowest BCUT2D eigenvalue weighted by Gasteiger charge is -2.40. The molecule has 0 saturated carbocycles. The molecular formula is C38H33N3O3. The molecule has 6 aromatic rings. The van der Waals surface area contributed by atoms with Crippen LogP contribution in [-0.2, 0) is 21.5 Å². The second-order valence-corrected chi connectivity index (χ2v) is 11.4. The van der Waals surface area contributed by atoms with Crippen molar-refractivity contribution < 1.29 is 14.3 Å². The molecule has 0 N–H and O–H groups in total. The molecular weight excluding hydrogens is 546 g/mol. The molecule has 2 atom stereocenters. The quantitative estimate of drug-likeness (QED) is 0.145. The van der Waals surface area contributed by atoms with Crippen LogP contribution in [0.15, 0.2) is 128 Å².